The summed E-state index contributed by atoms with van der Waals surface area (Å²) in [6.07, 6.45) is -0.215. The third-order valence-corrected chi connectivity index (χ3v) is 2.77. The predicted octanol–water partition coefficient (Wildman–Crippen LogP) is 1.84. The summed E-state index contributed by atoms with van der Waals surface area (Å²) in [6.45, 7) is 5.13. The molecule has 1 N–H and O–H groups in total. The first-order chi connectivity index (χ1) is 9.90. The summed E-state index contributed by atoms with van der Waals surface area (Å²) < 4.78 is 6.49. The van der Waals surface area contributed by atoms with Crippen LogP contribution in [0.15, 0.2) is 24.3 Å². The third kappa shape index (κ3) is 3.07. The van der Waals surface area contributed by atoms with Crippen LogP contribution in [-0.2, 0) is 4.74 Å². The lowest BCUT2D eigenvalue weighted by Gasteiger charge is -2.09. The van der Waals surface area contributed by atoms with Gasteiger partial charge in [0.25, 0.3) is 0 Å². The highest BCUT2D eigenvalue weighted by Crippen LogP contribution is 2.15. The number of nitrogens with zero attached hydrogens (tertiary/aromatic N) is 3. The number of hydrogen-bond donors (Lipinski definition) is 1. The molecule has 0 spiro atoms. The highest BCUT2D eigenvalue weighted by atomic mass is 16.5. The van der Waals surface area contributed by atoms with Crippen molar-refractivity contribution in [3.05, 3.63) is 41.2 Å². The number of aromatic nitrogens is 3. The van der Waals surface area contributed by atoms with E-state index in [9.17, 15) is 9.59 Å². The lowest BCUT2D eigenvalue weighted by molar-refractivity contribution is 0.0377. The molecular weight excluding hydrogens is 274 g/mol. The average Bonchev–Trinajstić information content (AvgIpc) is 2.80. The highest BCUT2D eigenvalue weighted by Gasteiger charge is 2.17. The van der Waals surface area contributed by atoms with E-state index in [1.807, 2.05) is 0 Å². The first-order valence-electron chi connectivity index (χ1n) is 6.37. The summed E-state index contributed by atoms with van der Waals surface area (Å²) in [7, 11) is 0. The maximum atomic E-state index is 11.9. The number of ether oxygens (including phenoxy) is 1. The van der Waals surface area contributed by atoms with Crippen LogP contribution in [-0.4, -0.2) is 38.1 Å². The predicted molar refractivity (Wildman–Crippen MR) is 73.6 cm³/mol. The van der Waals surface area contributed by atoms with Crippen molar-refractivity contribution >= 4 is 11.9 Å². The van der Waals surface area contributed by atoms with Crippen LogP contribution in [0.1, 0.15) is 40.4 Å². The fourth-order valence-electron chi connectivity index (χ4n) is 1.82. The first-order valence-corrected chi connectivity index (χ1v) is 6.37. The van der Waals surface area contributed by atoms with Gasteiger partial charge in [0.15, 0.2) is 5.69 Å². The number of aromatic carboxylic acids is 1. The topological polar surface area (TPSA) is 94.3 Å². The van der Waals surface area contributed by atoms with Gasteiger partial charge in [-0.05, 0) is 39.0 Å². The van der Waals surface area contributed by atoms with E-state index < -0.39 is 11.9 Å². The average molecular weight is 289 g/mol. The van der Waals surface area contributed by atoms with E-state index in [0.717, 1.165) is 0 Å². The van der Waals surface area contributed by atoms with Gasteiger partial charge in [-0.2, -0.15) is 0 Å². The first kappa shape index (κ1) is 14.7. The molecule has 0 aliphatic heterocycles. The molecule has 0 amide bonds. The molecular formula is C14H15N3O4. The van der Waals surface area contributed by atoms with Crippen molar-refractivity contribution in [3.63, 3.8) is 0 Å². The Morgan fingerprint density at radius 1 is 1.33 bits per heavy atom. The quantitative estimate of drug-likeness (QED) is 0.863. The van der Waals surface area contributed by atoms with Crippen LogP contribution in [0.2, 0.25) is 0 Å². The van der Waals surface area contributed by atoms with Gasteiger partial charge in [-0.3, -0.25) is 0 Å². The SMILES string of the molecule is Cc1c(C(=O)O)nnn1-c1cccc(C(=O)OC(C)C)c1. The zero-order valence-electron chi connectivity index (χ0n) is 11.9. The van der Waals surface area contributed by atoms with E-state index >= 15 is 0 Å². The number of esters is 1. The number of carbonyl (C=O) groups excluding carboxylic acids is 1. The second-order valence-electron chi connectivity index (χ2n) is 4.74. The fourth-order valence-corrected chi connectivity index (χ4v) is 1.82. The van der Waals surface area contributed by atoms with E-state index in [1.54, 1.807) is 45.0 Å². The molecule has 0 fully saturated rings. The second kappa shape index (κ2) is 5.74. The minimum absolute atomic E-state index is 0.120. The monoisotopic (exact) mass is 289 g/mol. The van der Waals surface area contributed by atoms with Gasteiger partial charge < -0.3 is 9.84 Å². The molecule has 110 valence electrons. The maximum absolute atomic E-state index is 11.9. The summed E-state index contributed by atoms with van der Waals surface area (Å²) >= 11 is 0. The van der Waals surface area contributed by atoms with Crippen molar-refractivity contribution in [2.75, 3.05) is 0 Å². The summed E-state index contributed by atoms with van der Waals surface area (Å²) in [5.41, 5.74) is 1.18. The molecule has 0 unspecified atom stereocenters. The largest absolute Gasteiger partial charge is 0.476 e. The summed E-state index contributed by atoms with van der Waals surface area (Å²) in [4.78, 5) is 22.8. The van der Waals surface area contributed by atoms with E-state index in [4.69, 9.17) is 9.84 Å². The van der Waals surface area contributed by atoms with E-state index in [-0.39, 0.29) is 11.8 Å². The van der Waals surface area contributed by atoms with Gasteiger partial charge in [0.1, 0.15) is 0 Å². The minimum Gasteiger partial charge on any atom is -0.476 e. The molecule has 7 heteroatoms. The molecule has 0 saturated carbocycles. The summed E-state index contributed by atoms with van der Waals surface area (Å²) in [6, 6.07) is 6.59. The Kier molecular flexibility index (Phi) is 4.02. The van der Waals surface area contributed by atoms with Crippen LogP contribution >= 0.6 is 0 Å². The Balaban J connectivity index is 2.38. The molecule has 2 rings (SSSR count). The van der Waals surface area contributed by atoms with Crippen LogP contribution in [0, 0.1) is 6.92 Å². The Morgan fingerprint density at radius 2 is 2.05 bits per heavy atom. The lowest BCUT2D eigenvalue weighted by atomic mass is 10.2. The van der Waals surface area contributed by atoms with Crippen molar-refractivity contribution in [2.24, 2.45) is 0 Å². The zero-order chi connectivity index (χ0) is 15.6. The van der Waals surface area contributed by atoms with Gasteiger partial charge in [-0.15, -0.1) is 5.10 Å². The van der Waals surface area contributed by atoms with Crippen LogP contribution in [0.5, 0.6) is 0 Å². The summed E-state index contributed by atoms with van der Waals surface area (Å²) in [5, 5.41) is 16.4. The maximum Gasteiger partial charge on any atom is 0.358 e. The number of hydrogen-bond acceptors (Lipinski definition) is 5. The van der Waals surface area contributed by atoms with E-state index in [2.05, 4.69) is 10.3 Å². The molecule has 1 aromatic heterocycles. The lowest BCUT2D eigenvalue weighted by Crippen LogP contribution is -2.12. The van der Waals surface area contributed by atoms with E-state index in [1.165, 1.54) is 4.68 Å². The van der Waals surface area contributed by atoms with Crippen LogP contribution < -0.4 is 0 Å². The van der Waals surface area contributed by atoms with Gasteiger partial charge >= 0.3 is 11.9 Å². The molecule has 0 radical (unpaired) electrons. The molecule has 21 heavy (non-hydrogen) atoms. The van der Waals surface area contributed by atoms with E-state index in [0.29, 0.717) is 16.9 Å². The second-order valence-corrected chi connectivity index (χ2v) is 4.74. The van der Waals surface area contributed by atoms with Gasteiger partial charge in [0, 0.05) is 0 Å². The molecule has 1 heterocycles. The van der Waals surface area contributed by atoms with Gasteiger partial charge in [-0.25, -0.2) is 14.3 Å². The van der Waals surface area contributed by atoms with Gasteiger partial charge in [0.2, 0.25) is 0 Å². The number of benzene rings is 1. The third-order valence-electron chi connectivity index (χ3n) is 2.77. The Hall–Kier alpha value is -2.70. The number of carboxylic acid groups (broad SMARTS) is 1. The number of carbonyl (C=O) groups is 2. The standard InChI is InChI=1S/C14H15N3O4/c1-8(2)21-14(20)10-5-4-6-11(7-10)17-9(3)12(13(18)19)15-16-17/h4-8H,1-3H3,(H,18,19). The Morgan fingerprint density at radius 3 is 2.62 bits per heavy atom. The highest BCUT2D eigenvalue weighted by molar-refractivity contribution is 5.90. The van der Waals surface area contributed by atoms with Crippen LogP contribution in [0.25, 0.3) is 5.69 Å². The number of carboxylic acids is 1. The fraction of sp³-hybridized carbons (Fsp3) is 0.286. The molecule has 2 aromatic rings. The van der Waals surface area contributed by atoms with Crippen molar-refractivity contribution < 1.29 is 19.4 Å². The van der Waals surface area contributed by atoms with Gasteiger partial charge in [-0.1, -0.05) is 11.3 Å². The molecule has 0 bridgehead atoms. The molecule has 0 saturated heterocycles. The Bertz CT molecular complexity index is 691. The smallest absolute Gasteiger partial charge is 0.358 e. The summed E-state index contributed by atoms with van der Waals surface area (Å²) in [5.74, 6) is -1.59. The molecule has 7 nitrogen and oxygen atoms in total. The zero-order valence-corrected chi connectivity index (χ0v) is 11.9. The van der Waals surface area contributed by atoms with Crippen LogP contribution in [0.4, 0.5) is 0 Å². The van der Waals surface area contributed by atoms with Crippen molar-refractivity contribution in [1.82, 2.24) is 15.0 Å². The molecule has 0 atom stereocenters. The van der Waals surface area contributed by atoms with Crippen molar-refractivity contribution in [2.45, 2.75) is 26.9 Å². The molecule has 1 aromatic carbocycles. The normalized spacial score (nSPS) is 10.7. The Labute approximate surface area is 121 Å². The molecule has 0 aliphatic rings. The van der Waals surface area contributed by atoms with Crippen LogP contribution in [0.3, 0.4) is 0 Å². The number of rotatable bonds is 4. The van der Waals surface area contributed by atoms with Crippen molar-refractivity contribution in [1.29, 1.82) is 0 Å². The minimum atomic E-state index is -1.14. The van der Waals surface area contributed by atoms with Crippen molar-refractivity contribution in [3.8, 4) is 5.69 Å². The molecule has 0 aliphatic carbocycles. The van der Waals surface area contributed by atoms with Gasteiger partial charge in [0.05, 0.1) is 23.0 Å².